The van der Waals surface area contributed by atoms with E-state index in [2.05, 4.69) is 39.7 Å². The van der Waals surface area contributed by atoms with Gasteiger partial charge in [-0.2, -0.15) is 0 Å². The van der Waals surface area contributed by atoms with Gasteiger partial charge in [0.25, 0.3) is 0 Å². The fraction of sp³-hybridized carbons (Fsp3) is 0.154. The number of methoxy groups -OCH3 is 1. The predicted octanol–water partition coefficient (Wildman–Crippen LogP) is 3.42. The van der Waals surface area contributed by atoms with Crippen LogP contribution in [0.25, 0.3) is 0 Å². The third-order valence-corrected chi connectivity index (χ3v) is 3.36. The van der Waals surface area contributed by atoms with Gasteiger partial charge in [-0.25, -0.2) is 0 Å². The van der Waals surface area contributed by atoms with E-state index in [1.807, 2.05) is 30.3 Å². The number of nitrogens with zero attached hydrogens (tertiary/aromatic N) is 1. The Morgan fingerprint density at radius 3 is 2.50 bits per heavy atom. The van der Waals surface area contributed by atoms with E-state index in [-0.39, 0.29) is 6.10 Å². The van der Waals surface area contributed by atoms with E-state index in [0.717, 1.165) is 11.3 Å². The van der Waals surface area contributed by atoms with Crippen LogP contribution in [0.5, 0.6) is 0 Å². The van der Waals surface area contributed by atoms with Crippen LogP contribution in [0.4, 0.5) is 0 Å². The lowest BCUT2D eigenvalue weighted by Crippen LogP contribution is -2.06. The molecule has 3 heteroatoms. The van der Waals surface area contributed by atoms with Crippen LogP contribution in [0.2, 0.25) is 0 Å². The highest BCUT2D eigenvalue weighted by Crippen LogP contribution is 2.27. The summed E-state index contributed by atoms with van der Waals surface area (Å²) in [5.41, 5.74) is 2.10. The van der Waals surface area contributed by atoms with Gasteiger partial charge in [0.15, 0.2) is 0 Å². The minimum Gasteiger partial charge on any atom is -0.370 e. The molecule has 0 saturated heterocycles. The number of aromatic nitrogens is 1. The van der Waals surface area contributed by atoms with Gasteiger partial charge in [-0.1, -0.05) is 24.3 Å². The predicted molar refractivity (Wildman–Crippen MR) is 72.2 cm³/mol. The summed E-state index contributed by atoms with van der Waals surface area (Å²) in [5, 5.41) is 0. The van der Waals surface area contributed by atoms with Crippen molar-refractivity contribution >= 4 is 22.6 Å². The van der Waals surface area contributed by atoms with E-state index in [1.165, 1.54) is 3.57 Å². The molecule has 0 unspecified atom stereocenters. The molecule has 2 rings (SSSR count). The Kier molecular flexibility index (Phi) is 3.90. The van der Waals surface area contributed by atoms with Crippen LogP contribution in [0, 0.1) is 3.57 Å². The molecule has 1 heterocycles. The lowest BCUT2D eigenvalue weighted by molar-refractivity contribution is 0.132. The van der Waals surface area contributed by atoms with Crippen molar-refractivity contribution in [1.29, 1.82) is 0 Å². The Hall–Kier alpha value is -0.940. The van der Waals surface area contributed by atoms with Gasteiger partial charge in [0.05, 0.1) is 5.69 Å². The zero-order valence-corrected chi connectivity index (χ0v) is 11.1. The molecule has 16 heavy (non-hydrogen) atoms. The molecule has 0 bridgehead atoms. The first kappa shape index (κ1) is 11.5. The molecule has 1 aromatic carbocycles. The summed E-state index contributed by atoms with van der Waals surface area (Å²) in [7, 11) is 1.71. The largest absolute Gasteiger partial charge is 0.370 e. The maximum absolute atomic E-state index is 5.54. The van der Waals surface area contributed by atoms with Crippen LogP contribution in [-0.4, -0.2) is 12.1 Å². The Labute approximate surface area is 109 Å². The topological polar surface area (TPSA) is 22.1 Å². The van der Waals surface area contributed by atoms with Crippen molar-refractivity contribution in [3.8, 4) is 0 Å². The molecule has 0 fully saturated rings. The highest BCUT2D eigenvalue weighted by atomic mass is 127. The van der Waals surface area contributed by atoms with Crippen molar-refractivity contribution in [1.82, 2.24) is 4.98 Å². The van der Waals surface area contributed by atoms with Gasteiger partial charge in [0.2, 0.25) is 0 Å². The summed E-state index contributed by atoms with van der Waals surface area (Å²) in [4.78, 5) is 4.34. The lowest BCUT2D eigenvalue weighted by atomic mass is 10.1. The average molecular weight is 325 g/mol. The maximum Gasteiger partial charge on any atom is 0.125 e. The van der Waals surface area contributed by atoms with E-state index < -0.39 is 0 Å². The van der Waals surface area contributed by atoms with Gasteiger partial charge >= 0.3 is 0 Å². The van der Waals surface area contributed by atoms with E-state index in [1.54, 1.807) is 13.3 Å². The third kappa shape index (κ3) is 2.41. The molecule has 0 radical (unpaired) electrons. The molecule has 0 aliphatic heterocycles. The molecule has 0 aliphatic rings. The van der Waals surface area contributed by atoms with Gasteiger partial charge in [-0.3, -0.25) is 4.98 Å². The van der Waals surface area contributed by atoms with Crippen LogP contribution in [0.15, 0.2) is 48.7 Å². The van der Waals surface area contributed by atoms with Crippen molar-refractivity contribution in [2.24, 2.45) is 0 Å². The fourth-order valence-electron chi connectivity index (χ4n) is 1.63. The van der Waals surface area contributed by atoms with Crippen molar-refractivity contribution in [2.45, 2.75) is 6.10 Å². The van der Waals surface area contributed by atoms with Crippen LogP contribution in [0.1, 0.15) is 17.4 Å². The van der Waals surface area contributed by atoms with Gasteiger partial charge in [0.1, 0.15) is 6.10 Å². The summed E-state index contributed by atoms with van der Waals surface area (Å²) < 4.78 is 6.73. The molecule has 0 aliphatic carbocycles. The van der Waals surface area contributed by atoms with Crippen LogP contribution < -0.4 is 0 Å². The molecular formula is C13H12INO. The standard InChI is InChI=1S/C13H12INO/c1-16-13(12-8-4-5-9-15-12)10-6-2-3-7-11(10)14/h2-9,13H,1H3/t13-/m1/s1. The minimum absolute atomic E-state index is 0.0886. The molecule has 0 spiro atoms. The Balaban J connectivity index is 2.41. The summed E-state index contributed by atoms with van der Waals surface area (Å²) in [6, 6.07) is 14.1. The molecule has 0 amide bonds. The Morgan fingerprint density at radius 2 is 1.88 bits per heavy atom. The molecular weight excluding hydrogens is 313 g/mol. The van der Waals surface area contributed by atoms with E-state index in [0.29, 0.717) is 0 Å². The maximum atomic E-state index is 5.54. The molecule has 2 nitrogen and oxygen atoms in total. The second kappa shape index (κ2) is 5.41. The van der Waals surface area contributed by atoms with E-state index in [9.17, 15) is 0 Å². The fourth-order valence-corrected chi connectivity index (χ4v) is 2.30. The highest BCUT2D eigenvalue weighted by Gasteiger charge is 2.16. The lowest BCUT2D eigenvalue weighted by Gasteiger charge is -2.16. The summed E-state index contributed by atoms with van der Waals surface area (Å²) in [5.74, 6) is 0. The molecule has 82 valence electrons. The third-order valence-electron chi connectivity index (χ3n) is 2.38. The van der Waals surface area contributed by atoms with Crippen LogP contribution >= 0.6 is 22.6 Å². The van der Waals surface area contributed by atoms with Gasteiger partial charge < -0.3 is 4.74 Å². The second-order valence-electron chi connectivity index (χ2n) is 3.39. The average Bonchev–Trinajstić information content (AvgIpc) is 2.34. The SMILES string of the molecule is CO[C@@H](c1ccccn1)c1ccccc1I. The quantitative estimate of drug-likeness (QED) is 0.807. The van der Waals surface area contributed by atoms with Gasteiger partial charge in [-0.05, 0) is 40.8 Å². The van der Waals surface area contributed by atoms with Gasteiger partial charge in [0, 0.05) is 22.4 Å². The second-order valence-corrected chi connectivity index (χ2v) is 4.55. The first-order valence-corrected chi connectivity index (χ1v) is 6.09. The monoisotopic (exact) mass is 325 g/mol. The molecule has 2 aromatic rings. The van der Waals surface area contributed by atoms with Gasteiger partial charge in [-0.15, -0.1) is 0 Å². The van der Waals surface area contributed by atoms with Crippen molar-refractivity contribution in [3.63, 3.8) is 0 Å². The van der Waals surface area contributed by atoms with Crippen molar-refractivity contribution < 1.29 is 4.74 Å². The number of halogens is 1. The zero-order valence-electron chi connectivity index (χ0n) is 8.93. The number of hydrogen-bond acceptors (Lipinski definition) is 2. The zero-order chi connectivity index (χ0) is 11.4. The summed E-state index contributed by atoms with van der Waals surface area (Å²) in [6.07, 6.45) is 1.70. The smallest absolute Gasteiger partial charge is 0.125 e. The first-order chi connectivity index (χ1) is 7.83. The number of pyridine rings is 1. The number of hydrogen-bond donors (Lipinski definition) is 0. The normalized spacial score (nSPS) is 12.4. The summed E-state index contributed by atoms with van der Waals surface area (Å²) in [6.45, 7) is 0. The van der Waals surface area contributed by atoms with E-state index >= 15 is 0 Å². The van der Waals surface area contributed by atoms with Crippen LogP contribution in [0.3, 0.4) is 0 Å². The van der Waals surface area contributed by atoms with Crippen molar-refractivity contribution in [2.75, 3.05) is 7.11 Å². The molecule has 1 atom stereocenters. The number of ether oxygens (including phenoxy) is 1. The van der Waals surface area contributed by atoms with Crippen LogP contribution in [-0.2, 0) is 4.74 Å². The molecule has 0 saturated carbocycles. The molecule has 1 aromatic heterocycles. The first-order valence-electron chi connectivity index (χ1n) is 5.01. The van der Waals surface area contributed by atoms with Crippen molar-refractivity contribution in [3.05, 3.63) is 63.5 Å². The Bertz CT molecular complexity index is 458. The Morgan fingerprint density at radius 1 is 1.12 bits per heavy atom. The van der Waals surface area contributed by atoms with E-state index in [4.69, 9.17) is 4.74 Å². The summed E-state index contributed by atoms with van der Waals surface area (Å²) >= 11 is 2.32. The number of benzene rings is 1. The minimum atomic E-state index is -0.0886. The molecule has 0 N–H and O–H groups in total. The highest BCUT2D eigenvalue weighted by molar-refractivity contribution is 14.1. The number of rotatable bonds is 3.